The number of piperidine rings is 1. The van der Waals surface area contributed by atoms with Gasteiger partial charge in [-0.3, -0.25) is 4.79 Å². The molecule has 0 aromatic heterocycles. The summed E-state index contributed by atoms with van der Waals surface area (Å²) in [7, 11) is -1.44. The van der Waals surface area contributed by atoms with Crippen LogP contribution in [0.3, 0.4) is 0 Å². The number of likely N-dealkylation sites (N-methyl/N-ethyl adjacent to an activating group) is 1. The minimum atomic E-state index is -3.57. The van der Waals surface area contributed by atoms with Gasteiger partial charge in [0.15, 0.2) is 0 Å². The van der Waals surface area contributed by atoms with E-state index in [2.05, 4.69) is 22.2 Å². The monoisotopic (exact) mass is 476 g/mol. The molecule has 0 unspecified atom stereocenters. The van der Waals surface area contributed by atoms with Gasteiger partial charge in [0.05, 0.1) is 4.90 Å². The molecule has 2 heterocycles. The first-order chi connectivity index (χ1) is 15.3. The van der Waals surface area contributed by atoms with Crippen molar-refractivity contribution in [2.45, 2.75) is 17.7 Å². The highest BCUT2D eigenvalue weighted by Gasteiger charge is 2.32. The highest BCUT2D eigenvalue weighted by Crippen LogP contribution is 2.26. The molecule has 2 fully saturated rings. The molecule has 2 aliphatic heterocycles. The van der Waals surface area contributed by atoms with E-state index in [1.165, 1.54) is 16.4 Å². The van der Waals surface area contributed by atoms with Crippen LogP contribution >= 0.6 is 11.6 Å². The zero-order valence-electron chi connectivity index (χ0n) is 18.2. The second-order valence-corrected chi connectivity index (χ2v) is 10.8. The molecule has 0 saturated carbocycles. The van der Waals surface area contributed by atoms with Gasteiger partial charge in [-0.05, 0) is 68.4 Å². The Hall–Kier alpha value is -2.13. The van der Waals surface area contributed by atoms with E-state index >= 15 is 0 Å². The Morgan fingerprint density at radius 2 is 1.50 bits per heavy atom. The average molecular weight is 477 g/mol. The summed E-state index contributed by atoms with van der Waals surface area (Å²) in [6.45, 7) is 4.74. The van der Waals surface area contributed by atoms with Crippen LogP contribution in [-0.4, -0.2) is 69.8 Å². The van der Waals surface area contributed by atoms with Crippen molar-refractivity contribution in [2.75, 3.05) is 56.5 Å². The van der Waals surface area contributed by atoms with Gasteiger partial charge in [-0.1, -0.05) is 11.6 Å². The fourth-order valence-corrected chi connectivity index (χ4v) is 5.77. The Kier molecular flexibility index (Phi) is 7.05. The number of carbonyl (C=O) groups is 1. The second kappa shape index (κ2) is 9.79. The normalized spacial score (nSPS) is 19.1. The summed E-state index contributed by atoms with van der Waals surface area (Å²) in [5.41, 5.74) is 1.93. The SMILES string of the molecule is CN1CCN(c2ccc(NC(=O)C3CCN(S(=O)(=O)c4ccc(Cl)cc4)CC3)cc2)CC1. The van der Waals surface area contributed by atoms with Crippen LogP contribution in [0, 0.1) is 5.92 Å². The first kappa shape index (κ1) is 23.0. The smallest absolute Gasteiger partial charge is 0.243 e. The third-order valence-electron chi connectivity index (χ3n) is 6.28. The molecule has 4 rings (SSSR count). The van der Waals surface area contributed by atoms with E-state index in [1.807, 2.05) is 24.3 Å². The third kappa shape index (κ3) is 5.26. The molecule has 1 amide bonds. The number of rotatable bonds is 5. The molecule has 7 nitrogen and oxygen atoms in total. The summed E-state index contributed by atoms with van der Waals surface area (Å²) in [6.07, 6.45) is 0.996. The van der Waals surface area contributed by atoms with Gasteiger partial charge in [-0.2, -0.15) is 4.31 Å². The fourth-order valence-electron chi connectivity index (χ4n) is 4.18. The van der Waals surface area contributed by atoms with Crippen molar-refractivity contribution in [2.24, 2.45) is 5.92 Å². The number of carbonyl (C=O) groups excluding carboxylic acids is 1. The second-order valence-electron chi connectivity index (χ2n) is 8.46. The molecule has 0 aliphatic carbocycles. The van der Waals surface area contributed by atoms with Gasteiger partial charge in [0.2, 0.25) is 15.9 Å². The van der Waals surface area contributed by atoms with Gasteiger partial charge < -0.3 is 15.1 Å². The van der Waals surface area contributed by atoms with Crippen molar-refractivity contribution in [3.05, 3.63) is 53.6 Å². The minimum Gasteiger partial charge on any atom is -0.369 e. The average Bonchev–Trinajstić information content (AvgIpc) is 2.80. The maximum absolute atomic E-state index is 12.8. The third-order valence-corrected chi connectivity index (χ3v) is 8.44. The zero-order valence-corrected chi connectivity index (χ0v) is 19.8. The molecule has 32 heavy (non-hydrogen) atoms. The van der Waals surface area contributed by atoms with Crippen LogP contribution in [0.1, 0.15) is 12.8 Å². The predicted molar refractivity (Wildman–Crippen MR) is 128 cm³/mol. The van der Waals surface area contributed by atoms with Gasteiger partial charge in [-0.25, -0.2) is 8.42 Å². The first-order valence-electron chi connectivity index (χ1n) is 10.9. The molecule has 2 saturated heterocycles. The van der Waals surface area contributed by atoms with E-state index in [1.54, 1.807) is 12.1 Å². The van der Waals surface area contributed by atoms with Crippen molar-refractivity contribution < 1.29 is 13.2 Å². The van der Waals surface area contributed by atoms with E-state index in [-0.39, 0.29) is 16.7 Å². The number of piperazine rings is 1. The van der Waals surface area contributed by atoms with Crippen molar-refractivity contribution in [1.82, 2.24) is 9.21 Å². The molecule has 2 aromatic rings. The van der Waals surface area contributed by atoms with Gasteiger partial charge in [0.25, 0.3) is 0 Å². The molecule has 2 aromatic carbocycles. The highest BCUT2D eigenvalue weighted by molar-refractivity contribution is 7.89. The molecular formula is C23H29ClN4O3S. The fraction of sp³-hybridized carbons (Fsp3) is 0.435. The number of halogens is 1. The van der Waals surface area contributed by atoms with Crippen molar-refractivity contribution >= 4 is 38.9 Å². The molecule has 0 bridgehead atoms. The lowest BCUT2D eigenvalue weighted by Gasteiger charge is -2.34. The van der Waals surface area contributed by atoms with E-state index in [4.69, 9.17) is 11.6 Å². The standard InChI is InChI=1S/C23H29ClN4O3S/c1-26-14-16-27(17-15-26)21-6-4-20(5-7-21)25-23(29)18-10-12-28(13-11-18)32(30,31)22-8-2-19(24)3-9-22/h2-9,18H,10-17H2,1H3,(H,25,29). The van der Waals surface area contributed by atoms with Crippen LogP contribution in [0.4, 0.5) is 11.4 Å². The largest absolute Gasteiger partial charge is 0.369 e. The van der Waals surface area contributed by atoms with Crippen molar-refractivity contribution in [3.63, 3.8) is 0 Å². The number of sulfonamides is 1. The molecule has 1 N–H and O–H groups in total. The number of nitrogens with zero attached hydrogens (tertiary/aromatic N) is 3. The summed E-state index contributed by atoms with van der Waals surface area (Å²) in [6, 6.07) is 14.1. The predicted octanol–water partition coefficient (Wildman–Crippen LogP) is 3.13. The Morgan fingerprint density at radius 1 is 0.906 bits per heavy atom. The summed E-state index contributed by atoms with van der Waals surface area (Å²) in [4.78, 5) is 17.6. The summed E-state index contributed by atoms with van der Waals surface area (Å²) in [5, 5.41) is 3.49. The molecule has 9 heteroatoms. The van der Waals surface area contributed by atoms with Crippen LogP contribution < -0.4 is 10.2 Å². The van der Waals surface area contributed by atoms with Crippen LogP contribution in [0.15, 0.2) is 53.4 Å². The summed E-state index contributed by atoms with van der Waals surface area (Å²) in [5.74, 6) is -0.259. The Labute approximate surface area is 195 Å². The molecule has 0 atom stereocenters. The van der Waals surface area contributed by atoms with E-state index in [0.717, 1.165) is 37.6 Å². The lowest BCUT2D eigenvalue weighted by Crippen LogP contribution is -2.44. The van der Waals surface area contributed by atoms with Gasteiger partial charge in [0.1, 0.15) is 0 Å². The van der Waals surface area contributed by atoms with Crippen molar-refractivity contribution in [1.29, 1.82) is 0 Å². The first-order valence-corrected chi connectivity index (χ1v) is 12.7. The van der Waals surface area contributed by atoms with Crippen molar-refractivity contribution in [3.8, 4) is 0 Å². The lowest BCUT2D eigenvalue weighted by molar-refractivity contribution is -0.120. The summed E-state index contributed by atoms with van der Waals surface area (Å²) < 4.78 is 27.1. The van der Waals surface area contributed by atoms with E-state index in [0.29, 0.717) is 31.0 Å². The topological polar surface area (TPSA) is 73.0 Å². The Balaban J connectivity index is 1.30. The number of hydrogen-bond donors (Lipinski definition) is 1. The molecule has 0 spiro atoms. The van der Waals surface area contributed by atoms with Crippen LogP contribution in [0.25, 0.3) is 0 Å². The van der Waals surface area contributed by atoms with Crippen LogP contribution in [-0.2, 0) is 14.8 Å². The van der Waals surface area contributed by atoms with Gasteiger partial charge in [-0.15, -0.1) is 0 Å². The number of benzene rings is 2. The molecular weight excluding hydrogens is 448 g/mol. The van der Waals surface area contributed by atoms with Crippen LogP contribution in [0.5, 0.6) is 0 Å². The number of anilines is 2. The van der Waals surface area contributed by atoms with E-state index in [9.17, 15) is 13.2 Å². The van der Waals surface area contributed by atoms with E-state index < -0.39 is 10.0 Å². The zero-order chi connectivity index (χ0) is 22.7. The maximum atomic E-state index is 12.8. The summed E-state index contributed by atoms with van der Waals surface area (Å²) >= 11 is 5.86. The molecule has 2 aliphatic rings. The molecule has 0 radical (unpaired) electrons. The van der Waals surface area contributed by atoms with Crippen LogP contribution in [0.2, 0.25) is 5.02 Å². The van der Waals surface area contributed by atoms with Gasteiger partial charge in [0, 0.05) is 61.6 Å². The maximum Gasteiger partial charge on any atom is 0.243 e. The number of hydrogen-bond acceptors (Lipinski definition) is 5. The quantitative estimate of drug-likeness (QED) is 0.717. The molecule has 172 valence electrons. The van der Waals surface area contributed by atoms with Gasteiger partial charge >= 0.3 is 0 Å². The highest BCUT2D eigenvalue weighted by atomic mass is 35.5. The number of nitrogens with one attached hydrogen (secondary N) is 1. The Morgan fingerprint density at radius 3 is 2.09 bits per heavy atom. The lowest BCUT2D eigenvalue weighted by atomic mass is 9.97. The minimum absolute atomic E-state index is 0.0547. The Bertz CT molecular complexity index is 1030. The number of amides is 1.